The summed E-state index contributed by atoms with van der Waals surface area (Å²) in [6.07, 6.45) is 1.93. The first-order chi connectivity index (χ1) is 9.60. The molecule has 20 heavy (non-hydrogen) atoms. The molecule has 0 bridgehead atoms. The zero-order valence-corrected chi connectivity index (χ0v) is 11.7. The molecule has 0 atom stereocenters. The largest absolute Gasteiger partial charge is 0.346 e. The van der Waals surface area contributed by atoms with Gasteiger partial charge in [-0.15, -0.1) is 0 Å². The Labute approximate surface area is 118 Å². The van der Waals surface area contributed by atoms with Gasteiger partial charge in [0.15, 0.2) is 0 Å². The van der Waals surface area contributed by atoms with Crippen LogP contribution >= 0.6 is 0 Å². The molecular weight excluding hydrogens is 253 g/mol. The molecule has 0 aliphatic rings. The molecule has 1 aromatic heterocycles. The summed E-state index contributed by atoms with van der Waals surface area (Å²) in [5.41, 5.74) is 2.11. The van der Waals surface area contributed by atoms with Crippen LogP contribution in [0.15, 0.2) is 36.5 Å². The number of nitrogens with one attached hydrogen (secondary N) is 1. The lowest BCUT2D eigenvalue weighted by Crippen LogP contribution is -2.23. The third-order valence-corrected chi connectivity index (χ3v) is 3.13. The van der Waals surface area contributed by atoms with Gasteiger partial charge in [0, 0.05) is 30.0 Å². The van der Waals surface area contributed by atoms with Crippen LogP contribution in [0.2, 0.25) is 0 Å². The number of hydrogen-bond acceptors (Lipinski definition) is 2. The highest BCUT2D eigenvalue weighted by atomic mass is 19.1. The fourth-order valence-corrected chi connectivity index (χ4v) is 2.02. The fourth-order valence-electron chi connectivity index (χ4n) is 2.02. The Morgan fingerprint density at radius 2 is 2.15 bits per heavy atom. The van der Waals surface area contributed by atoms with Gasteiger partial charge in [-0.3, -0.25) is 0 Å². The smallest absolute Gasteiger partial charge is 0.128 e. The molecule has 0 fully saturated rings. The van der Waals surface area contributed by atoms with Crippen molar-refractivity contribution in [2.24, 2.45) is 0 Å². The Bertz CT molecular complexity index is 623. The summed E-state index contributed by atoms with van der Waals surface area (Å²) >= 11 is 0. The van der Waals surface area contributed by atoms with Gasteiger partial charge in [0.1, 0.15) is 5.82 Å². The minimum absolute atomic E-state index is 0.277. The molecule has 2 rings (SSSR count). The quantitative estimate of drug-likeness (QED) is 0.908. The highest BCUT2D eigenvalue weighted by molar-refractivity contribution is 5.34. The van der Waals surface area contributed by atoms with Gasteiger partial charge in [-0.1, -0.05) is 13.8 Å². The van der Waals surface area contributed by atoms with Crippen LogP contribution in [0.3, 0.4) is 0 Å². The van der Waals surface area contributed by atoms with E-state index in [2.05, 4.69) is 19.2 Å². The van der Waals surface area contributed by atoms with Crippen LogP contribution in [0.25, 0.3) is 0 Å². The van der Waals surface area contributed by atoms with Crippen LogP contribution in [0, 0.1) is 17.1 Å². The number of rotatable bonds is 5. The van der Waals surface area contributed by atoms with E-state index < -0.39 is 0 Å². The van der Waals surface area contributed by atoms with Gasteiger partial charge >= 0.3 is 0 Å². The van der Waals surface area contributed by atoms with Gasteiger partial charge in [0.2, 0.25) is 0 Å². The summed E-state index contributed by atoms with van der Waals surface area (Å²) in [5.74, 6) is -0.277. The van der Waals surface area contributed by atoms with Crippen LogP contribution in [0.1, 0.15) is 30.7 Å². The van der Waals surface area contributed by atoms with Crippen LogP contribution in [-0.4, -0.2) is 10.6 Å². The molecule has 2 aromatic rings. The van der Waals surface area contributed by atoms with Crippen molar-refractivity contribution >= 4 is 0 Å². The number of halogens is 1. The molecule has 0 saturated heterocycles. The molecular formula is C16H18FN3. The molecule has 4 heteroatoms. The maximum absolute atomic E-state index is 13.8. The molecule has 3 nitrogen and oxygen atoms in total. The normalized spacial score (nSPS) is 10.8. The van der Waals surface area contributed by atoms with Crippen molar-refractivity contribution in [3.8, 4) is 6.07 Å². The standard InChI is InChI=1S/C16H18FN3/c1-12(2)19-10-15-4-3-7-20(15)11-14-8-13(9-18)5-6-16(14)17/h3-8,12,19H,10-11H2,1-2H3. The Hall–Kier alpha value is -2.12. The average Bonchev–Trinajstić information content (AvgIpc) is 2.86. The molecule has 1 aromatic carbocycles. The summed E-state index contributed by atoms with van der Waals surface area (Å²) in [6.45, 7) is 5.35. The lowest BCUT2D eigenvalue weighted by Gasteiger charge is -2.13. The van der Waals surface area contributed by atoms with E-state index >= 15 is 0 Å². The van der Waals surface area contributed by atoms with E-state index in [1.165, 1.54) is 12.1 Å². The third-order valence-electron chi connectivity index (χ3n) is 3.13. The number of hydrogen-bond donors (Lipinski definition) is 1. The maximum Gasteiger partial charge on any atom is 0.128 e. The van der Waals surface area contributed by atoms with E-state index in [1.54, 1.807) is 6.07 Å². The second-order valence-electron chi connectivity index (χ2n) is 5.08. The van der Waals surface area contributed by atoms with E-state index in [9.17, 15) is 4.39 Å². The van der Waals surface area contributed by atoms with Gasteiger partial charge in [-0.2, -0.15) is 5.26 Å². The second kappa shape index (κ2) is 6.36. The molecule has 0 aliphatic carbocycles. The predicted octanol–water partition coefficient (Wildman–Crippen LogP) is 3.05. The Balaban J connectivity index is 2.18. The van der Waals surface area contributed by atoms with E-state index in [-0.39, 0.29) is 5.82 Å². The summed E-state index contributed by atoms with van der Waals surface area (Å²) in [6, 6.07) is 10.9. The molecule has 0 aliphatic heterocycles. The van der Waals surface area contributed by atoms with E-state index in [1.807, 2.05) is 29.0 Å². The number of benzene rings is 1. The minimum atomic E-state index is -0.277. The van der Waals surface area contributed by atoms with Gasteiger partial charge in [0.05, 0.1) is 18.2 Å². The van der Waals surface area contributed by atoms with Crippen molar-refractivity contribution in [3.63, 3.8) is 0 Å². The van der Waals surface area contributed by atoms with Crippen LogP contribution in [0.4, 0.5) is 4.39 Å². The van der Waals surface area contributed by atoms with Crippen molar-refractivity contribution in [2.45, 2.75) is 33.0 Å². The lowest BCUT2D eigenvalue weighted by atomic mass is 10.1. The minimum Gasteiger partial charge on any atom is -0.346 e. The molecule has 104 valence electrons. The van der Waals surface area contributed by atoms with Crippen molar-refractivity contribution in [2.75, 3.05) is 0 Å². The van der Waals surface area contributed by atoms with E-state index in [0.717, 1.165) is 12.2 Å². The Kier molecular flexibility index (Phi) is 4.54. The third kappa shape index (κ3) is 3.46. The Morgan fingerprint density at radius 3 is 2.85 bits per heavy atom. The van der Waals surface area contributed by atoms with Crippen molar-refractivity contribution in [3.05, 3.63) is 59.2 Å². The molecule has 0 unspecified atom stereocenters. The highest BCUT2D eigenvalue weighted by Gasteiger charge is 2.07. The second-order valence-corrected chi connectivity index (χ2v) is 5.08. The number of nitriles is 1. The Morgan fingerprint density at radius 1 is 1.35 bits per heavy atom. The SMILES string of the molecule is CC(C)NCc1cccn1Cc1cc(C#N)ccc1F. The van der Waals surface area contributed by atoms with Crippen molar-refractivity contribution in [1.29, 1.82) is 5.26 Å². The van der Waals surface area contributed by atoms with Gasteiger partial charge < -0.3 is 9.88 Å². The average molecular weight is 271 g/mol. The maximum atomic E-state index is 13.8. The van der Waals surface area contributed by atoms with Gasteiger partial charge in [-0.05, 0) is 30.3 Å². The van der Waals surface area contributed by atoms with Crippen LogP contribution in [-0.2, 0) is 13.1 Å². The van der Waals surface area contributed by atoms with Crippen LogP contribution in [0.5, 0.6) is 0 Å². The molecule has 0 saturated carbocycles. The molecule has 1 heterocycles. The number of aromatic nitrogens is 1. The summed E-state index contributed by atoms with van der Waals surface area (Å²) in [4.78, 5) is 0. The summed E-state index contributed by atoms with van der Waals surface area (Å²) < 4.78 is 15.8. The van der Waals surface area contributed by atoms with Crippen LogP contribution < -0.4 is 5.32 Å². The predicted molar refractivity (Wildman–Crippen MR) is 76.6 cm³/mol. The zero-order valence-electron chi connectivity index (χ0n) is 11.7. The molecule has 0 amide bonds. The molecule has 0 radical (unpaired) electrons. The van der Waals surface area contributed by atoms with Crippen molar-refractivity contribution in [1.82, 2.24) is 9.88 Å². The first-order valence-corrected chi connectivity index (χ1v) is 6.66. The van der Waals surface area contributed by atoms with Crippen molar-refractivity contribution < 1.29 is 4.39 Å². The fraction of sp³-hybridized carbons (Fsp3) is 0.312. The molecule has 1 N–H and O–H groups in total. The summed E-state index contributed by atoms with van der Waals surface area (Å²) in [5, 5.41) is 12.2. The van der Waals surface area contributed by atoms with Gasteiger partial charge in [0.25, 0.3) is 0 Å². The highest BCUT2D eigenvalue weighted by Crippen LogP contribution is 2.14. The van der Waals surface area contributed by atoms with E-state index in [4.69, 9.17) is 5.26 Å². The monoisotopic (exact) mass is 271 g/mol. The first kappa shape index (κ1) is 14.3. The number of nitrogens with zero attached hydrogens (tertiary/aromatic N) is 2. The molecule has 0 spiro atoms. The first-order valence-electron chi connectivity index (χ1n) is 6.66. The summed E-state index contributed by atoms with van der Waals surface area (Å²) in [7, 11) is 0. The van der Waals surface area contributed by atoms with E-state index in [0.29, 0.717) is 23.7 Å². The zero-order chi connectivity index (χ0) is 14.5. The topological polar surface area (TPSA) is 40.8 Å². The lowest BCUT2D eigenvalue weighted by molar-refractivity contribution is 0.556. The van der Waals surface area contributed by atoms with Gasteiger partial charge in [-0.25, -0.2) is 4.39 Å².